The first-order valence-corrected chi connectivity index (χ1v) is 16.6. The minimum atomic E-state index is -0.146. The quantitative estimate of drug-likeness (QED) is 0.126. The molecule has 0 saturated carbocycles. The Labute approximate surface area is 245 Å². The summed E-state index contributed by atoms with van der Waals surface area (Å²) in [4.78, 5) is 0. The highest BCUT2D eigenvalue weighted by Gasteiger charge is 2.38. The fourth-order valence-electron chi connectivity index (χ4n) is 5.92. The molecule has 0 radical (unpaired) electrons. The topological polar surface area (TPSA) is 9.23 Å². The Balaban J connectivity index is 2.36. The Hall–Kier alpha value is -1.26. The summed E-state index contributed by atoms with van der Waals surface area (Å²) in [6, 6.07) is 8.71. The third kappa shape index (κ3) is 17.9. The van der Waals surface area contributed by atoms with Crippen molar-refractivity contribution in [3.63, 3.8) is 0 Å². The van der Waals surface area contributed by atoms with Gasteiger partial charge >= 0.3 is 0 Å². The first-order chi connectivity index (χ1) is 18.3. The number of hydrogen-bond acceptors (Lipinski definition) is 1. The van der Waals surface area contributed by atoms with Gasteiger partial charge in [-0.1, -0.05) is 149 Å². The van der Waals surface area contributed by atoms with Crippen molar-refractivity contribution in [3.05, 3.63) is 35.4 Å². The van der Waals surface area contributed by atoms with Crippen LogP contribution in [0.4, 0.5) is 0 Å². The van der Waals surface area contributed by atoms with Crippen LogP contribution in [0.25, 0.3) is 0 Å². The summed E-state index contributed by atoms with van der Waals surface area (Å²) in [7, 11) is 0. The highest BCUT2D eigenvalue weighted by atomic mass is 16.5. The minimum absolute atomic E-state index is 0.146. The Morgan fingerprint density at radius 3 is 1.77 bits per heavy atom. The molecule has 0 fully saturated rings. The van der Waals surface area contributed by atoms with Crippen molar-refractivity contribution in [1.29, 1.82) is 0 Å². The van der Waals surface area contributed by atoms with Gasteiger partial charge in [-0.3, -0.25) is 0 Å². The Morgan fingerprint density at radius 1 is 0.667 bits per heavy atom. The molecular formula is C38H66O. The molecule has 1 nitrogen and oxygen atoms in total. The molecular weight excluding hydrogens is 472 g/mol. The van der Waals surface area contributed by atoms with E-state index in [2.05, 4.69) is 98.4 Å². The zero-order valence-corrected chi connectivity index (χ0v) is 27.8. The molecule has 0 spiro atoms. The van der Waals surface area contributed by atoms with Crippen LogP contribution in [0.1, 0.15) is 176 Å². The third-order valence-electron chi connectivity index (χ3n) is 8.26. The molecule has 0 saturated heterocycles. The van der Waals surface area contributed by atoms with E-state index in [0.29, 0.717) is 17.9 Å². The summed E-state index contributed by atoms with van der Waals surface area (Å²) in [6.45, 7) is 21.7. The molecule has 1 unspecified atom stereocenters. The molecule has 0 aliphatic carbocycles. The first-order valence-electron chi connectivity index (χ1n) is 16.6. The molecule has 0 amide bonds. The van der Waals surface area contributed by atoms with Crippen molar-refractivity contribution in [3.8, 4) is 11.8 Å². The van der Waals surface area contributed by atoms with Gasteiger partial charge in [0, 0.05) is 12.0 Å². The lowest BCUT2D eigenvalue weighted by atomic mass is 9.69. The van der Waals surface area contributed by atoms with Crippen molar-refractivity contribution >= 4 is 0 Å². The fraction of sp³-hybridized carbons (Fsp3) is 0.789. The lowest BCUT2D eigenvalue weighted by Crippen LogP contribution is -2.42. The zero-order chi connectivity index (χ0) is 29.2. The maximum Gasteiger partial charge on any atom is 0.0724 e. The van der Waals surface area contributed by atoms with Gasteiger partial charge in [0.2, 0.25) is 0 Å². The second-order valence-electron chi connectivity index (χ2n) is 14.9. The summed E-state index contributed by atoms with van der Waals surface area (Å²) in [5.74, 6) is 7.29. The first kappa shape index (κ1) is 35.8. The van der Waals surface area contributed by atoms with Gasteiger partial charge in [-0.15, -0.1) is 0 Å². The molecule has 224 valence electrons. The van der Waals surface area contributed by atoms with Gasteiger partial charge in [-0.25, -0.2) is 0 Å². The lowest BCUT2D eigenvalue weighted by Gasteiger charge is -2.43. The molecule has 0 aromatic heterocycles. The Kier molecular flexibility index (Phi) is 17.4. The number of ether oxygens (including phenoxy) is 1. The molecule has 0 aliphatic rings. The second-order valence-corrected chi connectivity index (χ2v) is 14.9. The number of rotatable bonds is 19. The number of benzene rings is 1. The van der Waals surface area contributed by atoms with Crippen molar-refractivity contribution in [2.24, 2.45) is 16.7 Å². The van der Waals surface area contributed by atoms with E-state index in [9.17, 15) is 0 Å². The van der Waals surface area contributed by atoms with E-state index in [-0.39, 0.29) is 11.0 Å². The molecule has 1 aromatic carbocycles. The summed E-state index contributed by atoms with van der Waals surface area (Å²) >= 11 is 0. The van der Waals surface area contributed by atoms with Crippen LogP contribution in [-0.4, -0.2) is 5.60 Å². The van der Waals surface area contributed by atoms with Crippen molar-refractivity contribution in [2.75, 3.05) is 0 Å². The summed E-state index contributed by atoms with van der Waals surface area (Å²) in [5, 5.41) is 0. The molecule has 0 bridgehead atoms. The maximum atomic E-state index is 6.59. The van der Waals surface area contributed by atoms with Crippen LogP contribution in [0.2, 0.25) is 0 Å². The van der Waals surface area contributed by atoms with E-state index in [1.54, 1.807) is 0 Å². The highest BCUT2D eigenvalue weighted by Crippen LogP contribution is 2.41. The lowest BCUT2D eigenvalue weighted by molar-refractivity contribution is -0.104. The van der Waals surface area contributed by atoms with E-state index in [1.807, 2.05) is 0 Å². The van der Waals surface area contributed by atoms with Gasteiger partial charge < -0.3 is 4.74 Å². The van der Waals surface area contributed by atoms with Crippen LogP contribution in [0.3, 0.4) is 0 Å². The summed E-state index contributed by atoms with van der Waals surface area (Å²) in [5.41, 5.74) is 2.94. The molecule has 0 aliphatic heterocycles. The highest BCUT2D eigenvalue weighted by molar-refractivity contribution is 5.36. The van der Waals surface area contributed by atoms with Crippen molar-refractivity contribution < 1.29 is 4.74 Å². The van der Waals surface area contributed by atoms with Crippen LogP contribution < -0.4 is 0 Å². The van der Waals surface area contributed by atoms with E-state index in [4.69, 9.17) is 4.74 Å². The smallest absolute Gasteiger partial charge is 0.0724 e. The Morgan fingerprint density at radius 2 is 1.21 bits per heavy atom. The van der Waals surface area contributed by atoms with Gasteiger partial charge in [-0.05, 0) is 67.6 Å². The largest absolute Gasteiger partial charge is 0.371 e. The van der Waals surface area contributed by atoms with Crippen molar-refractivity contribution in [1.82, 2.24) is 0 Å². The molecule has 1 aromatic rings. The number of hydrogen-bond donors (Lipinski definition) is 0. The van der Waals surface area contributed by atoms with Crippen LogP contribution in [0.5, 0.6) is 0 Å². The summed E-state index contributed by atoms with van der Waals surface area (Å²) < 4.78 is 6.59. The molecule has 1 atom stereocenters. The average Bonchev–Trinajstić information content (AvgIpc) is 2.84. The molecule has 0 N–H and O–H groups in total. The third-order valence-corrected chi connectivity index (χ3v) is 8.26. The normalized spacial score (nSPS) is 13.3. The van der Waals surface area contributed by atoms with Gasteiger partial charge in [0.15, 0.2) is 0 Å². The van der Waals surface area contributed by atoms with E-state index in [1.165, 1.54) is 102 Å². The summed E-state index contributed by atoms with van der Waals surface area (Å²) in [6.07, 6.45) is 21.2. The average molecular weight is 539 g/mol. The Bertz CT molecular complexity index is 790. The molecule has 39 heavy (non-hydrogen) atoms. The van der Waals surface area contributed by atoms with Gasteiger partial charge in [0.25, 0.3) is 0 Å². The predicted octanol–water partition coefficient (Wildman–Crippen LogP) is 12.3. The van der Waals surface area contributed by atoms with Crippen LogP contribution in [0.15, 0.2) is 24.3 Å². The van der Waals surface area contributed by atoms with Gasteiger partial charge in [0.05, 0.1) is 12.2 Å². The van der Waals surface area contributed by atoms with Crippen LogP contribution in [-0.2, 0) is 11.3 Å². The SMILES string of the molecule is CCCCCCCCC(C(C)(C)C)C(C)(C)OCc1ccc(C#CCCCCCCCCCC(C)(C)C)cc1. The molecule has 0 heterocycles. The fourth-order valence-corrected chi connectivity index (χ4v) is 5.92. The predicted molar refractivity (Wildman–Crippen MR) is 174 cm³/mol. The van der Waals surface area contributed by atoms with Gasteiger partial charge in [-0.2, -0.15) is 0 Å². The van der Waals surface area contributed by atoms with E-state index < -0.39 is 0 Å². The van der Waals surface area contributed by atoms with E-state index in [0.717, 1.165) is 12.0 Å². The maximum absolute atomic E-state index is 6.59. The van der Waals surface area contributed by atoms with E-state index >= 15 is 0 Å². The second kappa shape index (κ2) is 19.0. The standard InChI is InChI=1S/C38H66O/c1-10-11-12-13-20-23-26-35(37(5,6)7)38(8,9)39-32-34-29-27-33(28-30-34)25-22-19-17-15-14-16-18-21-24-31-36(2,3)4/h27-30,35H,10-21,23-24,26,31-32H2,1-9H3. The van der Waals surface area contributed by atoms with Crippen LogP contribution in [0, 0.1) is 28.6 Å². The monoisotopic (exact) mass is 539 g/mol. The molecule has 1 heteroatoms. The van der Waals surface area contributed by atoms with Gasteiger partial charge in [0.1, 0.15) is 0 Å². The van der Waals surface area contributed by atoms with Crippen molar-refractivity contribution in [2.45, 2.75) is 177 Å². The van der Waals surface area contributed by atoms with Crippen LogP contribution >= 0.6 is 0 Å². The molecule has 1 rings (SSSR count). The minimum Gasteiger partial charge on any atom is -0.371 e. The number of unbranched alkanes of at least 4 members (excludes halogenated alkanes) is 12. The zero-order valence-electron chi connectivity index (χ0n) is 27.8.